The van der Waals surface area contributed by atoms with Crippen molar-refractivity contribution >= 4 is 17.4 Å². The van der Waals surface area contributed by atoms with E-state index in [9.17, 15) is 13.6 Å². The maximum Gasteiger partial charge on any atom is 0.147 e. The molecule has 0 heterocycles. The molecule has 0 saturated carbocycles. The van der Waals surface area contributed by atoms with E-state index in [1.807, 2.05) is 0 Å². The zero-order valence-corrected chi connectivity index (χ0v) is 12.5. The summed E-state index contributed by atoms with van der Waals surface area (Å²) >= 11 is 5.95. The number of carbonyl (C=O) groups excluding carboxylic acids is 1. The molecule has 2 aromatic rings. The predicted molar refractivity (Wildman–Crippen MR) is 79.5 cm³/mol. The van der Waals surface area contributed by atoms with Gasteiger partial charge in [-0.15, -0.1) is 0 Å². The van der Waals surface area contributed by atoms with Crippen LogP contribution < -0.4 is 0 Å². The highest BCUT2D eigenvalue weighted by atomic mass is 35.5. The van der Waals surface area contributed by atoms with Crippen molar-refractivity contribution in [3.05, 3.63) is 70.2 Å². The molecule has 0 spiro atoms. The van der Waals surface area contributed by atoms with Crippen LogP contribution in [0.5, 0.6) is 0 Å². The number of carbonyl (C=O) groups is 1. The summed E-state index contributed by atoms with van der Waals surface area (Å²) in [6.07, 6.45) is -0.101. The van der Waals surface area contributed by atoms with Crippen LogP contribution in [0.1, 0.15) is 25.0 Å². The van der Waals surface area contributed by atoms with Gasteiger partial charge in [-0.1, -0.05) is 29.8 Å². The van der Waals surface area contributed by atoms with Gasteiger partial charge in [-0.3, -0.25) is 4.79 Å². The van der Waals surface area contributed by atoms with E-state index in [1.54, 1.807) is 32.0 Å². The van der Waals surface area contributed by atoms with Gasteiger partial charge in [-0.2, -0.15) is 0 Å². The van der Waals surface area contributed by atoms with Crippen molar-refractivity contribution in [3.8, 4) is 0 Å². The molecule has 0 aliphatic heterocycles. The summed E-state index contributed by atoms with van der Waals surface area (Å²) in [7, 11) is 0. The van der Waals surface area contributed by atoms with Crippen molar-refractivity contribution in [2.75, 3.05) is 0 Å². The minimum atomic E-state index is -0.848. The maximum atomic E-state index is 13.8. The normalized spacial score (nSPS) is 11.5. The highest BCUT2D eigenvalue weighted by Crippen LogP contribution is 2.28. The number of rotatable bonds is 4. The SMILES string of the molecule is CC(C)(C(=O)Cc1c(F)cccc1Cl)c1ccc(F)cc1. The molecule has 0 saturated heterocycles. The van der Waals surface area contributed by atoms with Crippen LogP contribution in [-0.4, -0.2) is 5.78 Å². The monoisotopic (exact) mass is 308 g/mol. The Labute approximate surface area is 127 Å². The Morgan fingerprint density at radius 3 is 2.29 bits per heavy atom. The minimum Gasteiger partial charge on any atom is -0.298 e. The molecule has 0 bridgehead atoms. The molecular formula is C17H15ClF2O. The second-order valence-corrected chi connectivity index (χ2v) is 5.84. The van der Waals surface area contributed by atoms with Crippen LogP contribution in [0.3, 0.4) is 0 Å². The quantitative estimate of drug-likeness (QED) is 0.799. The zero-order chi connectivity index (χ0) is 15.6. The Morgan fingerprint density at radius 1 is 1.10 bits per heavy atom. The Kier molecular flexibility index (Phi) is 4.43. The summed E-state index contributed by atoms with van der Waals surface area (Å²) in [5, 5.41) is 0.234. The molecular weight excluding hydrogens is 294 g/mol. The Bertz CT molecular complexity index is 643. The topological polar surface area (TPSA) is 17.1 Å². The van der Waals surface area contributed by atoms with Gasteiger partial charge in [-0.25, -0.2) is 8.78 Å². The molecule has 0 aliphatic carbocycles. The van der Waals surface area contributed by atoms with Crippen molar-refractivity contribution in [2.24, 2.45) is 0 Å². The second kappa shape index (κ2) is 5.94. The summed E-state index contributed by atoms with van der Waals surface area (Å²) < 4.78 is 26.7. The first kappa shape index (κ1) is 15.6. The van der Waals surface area contributed by atoms with Crippen LogP contribution in [0.25, 0.3) is 0 Å². The van der Waals surface area contributed by atoms with E-state index in [4.69, 9.17) is 11.6 Å². The average molecular weight is 309 g/mol. The highest BCUT2D eigenvalue weighted by molar-refractivity contribution is 6.31. The third kappa shape index (κ3) is 3.30. The number of halogens is 3. The first-order valence-corrected chi connectivity index (χ1v) is 6.92. The third-order valence-corrected chi connectivity index (χ3v) is 4.02. The van der Waals surface area contributed by atoms with Gasteiger partial charge in [0.05, 0.1) is 0 Å². The van der Waals surface area contributed by atoms with E-state index in [1.165, 1.54) is 24.3 Å². The molecule has 4 heteroatoms. The molecule has 110 valence electrons. The molecule has 0 fully saturated rings. The van der Waals surface area contributed by atoms with E-state index in [-0.39, 0.29) is 28.6 Å². The van der Waals surface area contributed by atoms with E-state index in [2.05, 4.69) is 0 Å². The van der Waals surface area contributed by atoms with Gasteiger partial charge in [0.25, 0.3) is 0 Å². The number of ketones is 1. The van der Waals surface area contributed by atoms with Crippen LogP contribution in [0, 0.1) is 11.6 Å². The van der Waals surface area contributed by atoms with E-state index in [0.717, 1.165) is 0 Å². The van der Waals surface area contributed by atoms with Crippen molar-refractivity contribution in [2.45, 2.75) is 25.7 Å². The lowest BCUT2D eigenvalue weighted by Gasteiger charge is -2.24. The summed E-state index contributed by atoms with van der Waals surface area (Å²) in [5.41, 5.74) is 0.0278. The number of hydrogen-bond acceptors (Lipinski definition) is 1. The van der Waals surface area contributed by atoms with Gasteiger partial charge in [-0.05, 0) is 43.7 Å². The highest BCUT2D eigenvalue weighted by Gasteiger charge is 2.30. The zero-order valence-electron chi connectivity index (χ0n) is 11.8. The predicted octanol–water partition coefficient (Wildman–Crippen LogP) is 4.71. The first-order valence-electron chi connectivity index (χ1n) is 6.54. The average Bonchev–Trinajstić information content (AvgIpc) is 2.43. The number of hydrogen-bond donors (Lipinski definition) is 0. The summed E-state index contributed by atoms with van der Waals surface area (Å²) in [6, 6.07) is 10.1. The minimum absolute atomic E-state index is 0.101. The Morgan fingerprint density at radius 2 is 1.71 bits per heavy atom. The number of benzene rings is 2. The second-order valence-electron chi connectivity index (χ2n) is 5.43. The maximum absolute atomic E-state index is 13.8. The molecule has 0 atom stereocenters. The molecule has 0 unspecified atom stereocenters. The molecule has 0 N–H and O–H groups in total. The van der Waals surface area contributed by atoms with Gasteiger partial charge in [0.1, 0.15) is 17.4 Å². The van der Waals surface area contributed by atoms with E-state index in [0.29, 0.717) is 5.56 Å². The van der Waals surface area contributed by atoms with Crippen LogP contribution >= 0.6 is 11.6 Å². The smallest absolute Gasteiger partial charge is 0.147 e. The van der Waals surface area contributed by atoms with Gasteiger partial charge in [0.2, 0.25) is 0 Å². The molecule has 0 aliphatic rings. The Hall–Kier alpha value is -1.74. The summed E-state index contributed by atoms with van der Waals surface area (Å²) in [5.74, 6) is -1.04. The third-order valence-electron chi connectivity index (χ3n) is 3.66. The van der Waals surface area contributed by atoms with Gasteiger partial charge in [0.15, 0.2) is 0 Å². The largest absolute Gasteiger partial charge is 0.298 e. The fraction of sp³-hybridized carbons (Fsp3) is 0.235. The van der Waals surface area contributed by atoms with Gasteiger partial charge < -0.3 is 0 Å². The van der Waals surface area contributed by atoms with Gasteiger partial charge >= 0.3 is 0 Å². The van der Waals surface area contributed by atoms with Crippen LogP contribution in [0.2, 0.25) is 5.02 Å². The van der Waals surface area contributed by atoms with Gasteiger partial charge in [0, 0.05) is 22.4 Å². The molecule has 2 rings (SSSR count). The molecule has 0 amide bonds. The van der Waals surface area contributed by atoms with E-state index >= 15 is 0 Å². The van der Waals surface area contributed by atoms with E-state index < -0.39 is 11.2 Å². The van der Waals surface area contributed by atoms with Crippen molar-refractivity contribution in [1.29, 1.82) is 0 Å². The Balaban J connectivity index is 2.28. The van der Waals surface area contributed by atoms with Crippen molar-refractivity contribution in [3.63, 3.8) is 0 Å². The molecule has 0 radical (unpaired) electrons. The van der Waals surface area contributed by atoms with Crippen LogP contribution in [-0.2, 0) is 16.6 Å². The lowest BCUT2D eigenvalue weighted by molar-refractivity contribution is -0.122. The van der Waals surface area contributed by atoms with Crippen molar-refractivity contribution in [1.82, 2.24) is 0 Å². The molecule has 0 aromatic heterocycles. The summed E-state index contributed by atoms with van der Waals surface area (Å²) in [4.78, 5) is 12.5. The fourth-order valence-corrected chi connectivity index (χ4v) is 2.34. The lowest BCUT2D eigenvalue weighted by Crippen LogP contribution is -2.30. The summed E-state index contributed by atoms with van der Waals surface area (Å²) in [6.45, 7) is 3.47. The van der Waals surface area contributed by atoms with Crippen LogP contribution in [0.15, 0.2) is 42.5 Å². The fourth-order valence-electron chi connectivity index (χ4n) is 2.11. The van der Waals surface area contributed by atoms with Crippen molar-refractivity contribution < 1.29 is 13.6 Å². The molecule has 1 nitrogen and oxygen atoms in total. The standard InChI is InChI=1S/C17H15ClF2O/c1-17(2,11-6-8-12(19)9-7-11)16(21)10-13-14(18)4-3-5-15(13)20/h3-9H,10H2,1-2H3. The lowest BCUT2D eigenvalue weighted by atomic mass is 9.78. The number of Topliss-reactive ketones (excluding diaryl/α,β-unsaturated/α-hetero) is 1. The first-order chi connectivity index (χ1) is 9.82. The van der Waals surface area contributed by atoms with Crippen LogP contribution in [0.4, 0.5) is 8.78 Å². The molecule has 2 aromatic carbocycles. The molecule has 21 heavy (non-hydrogen) atoms.